The Bertz CT molecular complexity index is 553. The normalized spacial score (nSPS) is 10.3. The van der Waals surface area contributed by atoms with Crippen molar-refractivity contribution in [3.05, 3.63) is 22.7 Å². The fourth-order valence-electron chi connectivity index (χ4n) is 1.62. The predicted octanol–water partition coefficient (Wildman–Crippen LogP) is 2.52. The maximum absolute atomic E-state index is 11.9. The molecular weight excluding hydrogens is 342 g/mol. The lowest BCUT2D eigenvalue weighted by atomic mass is 10.2. The molecule has 0 aliphatic heterocycles. The topological polar surface area (TPSA) is 73.9 Å². The number of carbonyl (C=O) groups excluding carboxylic acids is 2. The van der Waals surface area contributed by atoms with Gasteiger partial charge in [-0.2, -0.15) is 0 Å². The molecular formula is C15H20ClNO5S. The molecule has 6 nitrogen and oxygen atoms in total. The summed E-state index contributed by atoms with van der Waals surface area (Å²) in [6.07, 6.45) is 0. The van der Waals surface area contributed by atoms with Crippen molar-refractivity contribution in [2.45, 2.75) is 6.92 Å². The van der Waals surface area contributed by atoms with Gasteiger partial charge in [-0.25, -0.2) is 0 Å². The maximum atomic E-state index is 11.9. The minimum absolute atomic E-state index is 0.105. The summed E-state index contributed by atoms with van der Waals surface area (Å²) in [5.74, 6) is 0.107. The second-order valence-electron chi connectivity index (χ2n) is 4.56. The average molecular weight is 362 g/mol. The number of ether oxygens (including phenoxy) is 3. The van der Waals surface area contributed by atoms with Crippen molar-refractivity contribution in [3.63, 3.8) is 0 Å². The van der Waals surface area contributed by atoms with Crippen LogP contribution in [0, 0.1) is 6.92 Å². The number of benzene rings is 1. The molecule has 0 bridgehead atoms. The van der Waals surface area contributed by atoms with E-state index in [2.05, 4.69) is 5.32 Å². The molecule has 0 aliphatic carbocycles. The van der Waals surface area contributed by atoms with Gasteiger partial charge in [0.15, 0.2) is 0 Å². The van der Waals surface area contributed by atoms with Crippen LogP contribution in [0.1, 0.15) is 5.56 Å². The average Bonchev–Trinajstić information content (AvgIpc) is 2.51. The van der Waals surface area contributed by atoms with Crippen LogP contribution in [0.4, 0.5) is 5.69 Å². The van der Waals surface area contributed by atoms with Crippen LogP contribution in [0.25, 0.3) is 0 Å². The smallest absolute Gasteiger partial charge is 0.315 e. The zero-order valence-electron chi connectivity index (χ0n) is 13.3. The van der Waals surface area contributed by atoms with Gasteiger partial charge < -0.3 is 19.5 Å². The summed E-state index contributed by atoms with van der Waals surface area (Å²) in [5, 5.41) is 3.30. The number of thioether (sulfide) groups is 1. The summed E-state index contributed by atoms with van der Waals surface area (Å²) < 4.78 is 14.9. The highest BCUT2D eigenvalue weighted by Gasteiger charge is 2.11. The van der Waals surface area contributed by atoms with E-state index in [1.807, 2.05) is 6.92 Å². The van der Waals surface area contributed by atoms with Crippen molar-refractivity contribution in [3.8, 4) is 5.75 Å². The van der Waals surface area contributed by atoms with E-state index >= 15 is 0 Å². The number of esters is 1. The van der Waals surface area contributed by atoms with Crippen molar-refractivity contribution in [2.24, 2.45) is 0 Å². The molecule has 0 saturated heterocycles. The minimum atomic E-state index is -0.375. The van der Waals surface area contributed by atoms with E-state index in [0.29, 0.717) is 23.1 Å². The van der Waals surface area contributed by atoms with Crippen LogP contribution in [0.5, 0.6) is 5.75 Å². The number of methoxy groups -OCH3 is 2. The Labute approximate surface area is 144 Å². The molecule has 0 saturated carbocycles. The Balaban J connectivity index is 2.42. The van der Waals surface area contributed by atoms with E-state index in [-0.39, 0.29) is 30.0 Å². The third-order valence-electron chi connectivity index (χ3n) is 2.76. The highest BCUT2D eigenvalue weighted by Crippen LogP contribution is 2.30. The fourth-order valence-corrected chi connectivity index (χ4v) is 2.39. The number of anilines is 1. The summed E-state index contributed by atoms with van der Waals surface area (Å²) >= 11 is 7.19. The van der Waals surface area contributed by atoms with Crippen molar-refractivity contribution < 1.29 is 23.8 Å². The molecule has 0 fully saturated rings. The third-order valence-corrected chi connectivity index (χ3v) is 4.07. The molecule has 0 spiro atoms. The van der Waals surface area contributed by atoms with Crippen LogP contribution < -0.4 is 10.1 Å². The summed E-state index contributed by atoms with van der Waals surface area (Å²) in [5.41, 5.74) is 1.37. The Kier molecular flexibility index (Phi) is 8.83. The Morgan fingerprint density at radius 3 is 2.61 bits per heavy atom. The molecule has 0 unspecified atom stereocenters. The lowest BCUT2D eigenvalue weighted by Crippen LogP contribution is -2.17. The highest BCUT2D eigenvalue weighted by molar-refractivity contribution is 8.00. The van der Waals surface area contributed by atoms with Crippen molar-refractivity contribution >= 4 is 40.9 Å². The second kappa shape index (κ2) is 10.4. The second-order valence-corrected chi connectivity index (χ2v) is 5.95. The zero-order chi connectivity index (χ0) is 17.2. The molecule has 23 heavy (non-hydrogen) atoms. The molecule has 8 heteroatoms. The Hall–Kier alpha value is -1.44. The van der Waals surface area contributed by atoms with Gasteiger partial charge in [0.1, 0.15) is 12.4 Å². The molecule has 128 valence electrons. The SMILES string of the molecule is COCCOC(=O)CSCC(=O)Nc1cc(C)c(Cl)cc1OC. The number of amides is 1. The number of hydrogen-bond acceptors (Lipinski definition) is 6. The van der Waals surface area contributed by atoms with Gasteiger partial charge in [-0.1, -0.05) is 11.6 Å². The van der Waals surface area contributed by atoms with Gasteiger partial charge in [-0.3, -0.25) is 9.59 Å². The first kappa shape index (κ1) is 19.6. The number of halogens is 1. The monoisotopic (exact) mass is 361 g/mol. The molecule has 1 rings (SSSR count). The fraction of sp³-hybridized carbons (Fsp3) is 0.467. The summed E-state index contributed by atoms with van der Waals surface area (Å²) in [7, 11) is 3.03. The van der Waals surface area contributed by atoms with Gasteiger partial charge in [0.05, 0.1) is 30.9 Å². The quantitative estimate of drug-likeness (QED) is 0.538. The number of rotatable bonds is 9. The molecule has 1 amide bonds. The third kappa shape index (κ3) is 7.11. The van der Waals surface area contributed by atoms with Gasteiger partial charge in [-0.15, -0.1) is 11.8 Å². The Morgan fingerprint density at radius 1 is 1.22 bits per heavy atom. The van der Waals surface area contributed by atoms with E-state index in [1.165, 1.54) is 26.0 Å². The van der Waals surface area contributed by atoms with E-state index in [9.17, 15) is 9.59 Å². The first-order chi connectivity index (χ1) is 11.0. The molecule has 1 N–H and O–H groups in total. The van der Waals surface area contributed by atoms with Gasteiger partial charge in [0.25, 0.3) is 0 Å². The predicted molar refractivity (Wildman–Crippen MR) is 91.5 cm³/mol. The van der Waals surface area contributed by atoms with Crippen LogP contribution >= 0.6 is 23.4 Å². The van der Waals surface area contributed by atoms with Crippen molar-refractivity contribution in [1.82, 2.24) is 0 Å². The minimum Gasteiger partial charge on any atom is -0.495 e. The Morgan fingerprint density at radius 2 is 1.96 bits per heavy atom. The van der Waals surface area contributed by atoms with E-state index < -0.39 is 0 Å². The summed E-state index contributed by atoms with van der Waals surface area (Å²) in [6, 6.07) is 3.38. The van der Waals surface area contributed by atoms with Crippen molar-refractivity contribution in [2.75, 3.05) is 44.3 Å². The van der Waals surface area contributed by atoms with E-state index in [0.717, 1.165) is 5.56 Å². The van der Waals surface area contributed by atoms with Gasteiger partial charge >= 0.3 is 5.97 Å². The number of aryl methyl sites for hydroxylation is 1. The van der Waals surface area contributed by atoms with Crippen LogP contribution in [-0.2, 0) is 19.1 Å². The summed E-state index contributed by atoms with van der Waals surface area (Å²) in [4.78, 5) is 23.3. The van der Waals surface area contributed by atoms with E-state index in [4.69, 9.17) is 25.8 Å². The molecule has 0 heterocycles. The highest BCUT2D eigenvalue weighted by atomic mass is 35.5. The standard InChI is InChI=1S/C15H20ClNO5S/c1-10-6-12(13(21-3)7-11(10)16)17-14(18)8-23-9-15(19)22-5-4-20-2/h6-7H,4-5,8-9H2,1-3H3,(H,17,18). The van der Waals surface area contributed by atoms with Crippen LogP contribution in [0.2, 0.25) is 5.02 Å². The van der Waals surface area contributed by atoms with Crippen LogP contribution in [-0.4, -0.2) is 50.8 Å². The van der Waals surface area contributed by atoms with Crippen LogP contribution in [0.15, 0.2) is 12.1 Å². The summed E-state index contributed by atoms with van der Waals surface area (Å²) in [6.45, 7) is 2.40. The molecule has 0 aliphatic rings. The number of nitrogens with one attached hydrogen (secondary N) is 1. The first-order valence-electron chi connectivity index (χ1n) is 6.84. The molecule has 1 aromatic carbocycles. The lowest BCUT2D eigenvalue weighted by molar-refractivity contribution is -0.141. The van der Waals surface area contributed by atoms with Gasteiger partial charge in [-0.05, 0) is 18.6 Å². The maximum Gasteiger partial charge on any atom is 0.315 e. The number of hydrogen-bond donors (Lipinski definition) is 1. The van der Waals surface area contributed by atoms with Crippen molar-refractivity contribution in [1.29, 1.82) is 0 Å². The van der Waals surface area contributed by atoms with Gasteiger partial charge in [0, 0.05) is 18.2 Å². The van der Waals surface area contributed by atoms with E-state index in [1.54, 1.807) is 12.1 Å². The molecule has 0 radical (unpaired) electrons. The largest absolute Gasteiger partial charge is 0.495 e. The van der Waals surface area contributed by atoms with Crippen LogP contribution in [0.3, 0.4) is 0 Å². The lowest BCUT2D eigenvalue weighted by Gasteiger charge is -2.12. The molecule has 0 aromatic heterocycles. The first-order valence-corrected chi connectivity index (χ1v) is 8.37. The molecule has 0 atom stereocenters. The van der Waals surface area contributed by atoms with Gasteiger partial charge in [0.2, 0.25) is 5.91 Å². The number of carbonyl (C=O) groups is 2. The molecule has 1 aromatic rings. The zero-order valence-corrected chi connectivity index (χ0v) is 14.9.